The van der Waals surface area contributed by atoms with Crippen LogP contribution in [-0.4, -0.2) is 21.0 Å². The Labute approximate surface area is 130 Å². The molecule has 0 aliphatic heterocycles. The van der Waals surface area contributed by atoms with Crippen LogP contribution in [0, 0.1) is 0 Å². The summed E-state index contributed by atoms with van der Waals surface area (Å²) in [6.07, 6.45) is -0.483. The molecule has 2 aromatic rings. The Morgan fingerprint density at radius 3 is 2.48 bits per heavy atom. The highest BCUT2D eigenvalue weighted by molar-refractivity contribution is 7.99. The van der Waals surface area contributed by atoms with Gasteiger partial charge in [-0.15, -0.1) is 11.8 Å². The van der Waals surface area contributed by atoms with Gasteiger partial charge in [-0.1, -0.05) is 56.3 Å². The molecule has 1 heterocycles. The lowest BCUT2D eigenvalue weighted by molar-refractivity contribution is 0.204. The highest BCUT2D eigenvalue weighted by Gasteiger charge is 2.23. The number of aromatic nitrogens is 2. The number of aliphatic hydroxyl groups excluding tert-OH is 1. The molecule has 0 unspecified atom stereocenters. The van der Waals surface area contributed by atoms with Crippen molar-refractivity contribution in [3.8, 4) is 0 Å². The van der Waals surface area contributed by atoms with Gasteiger partial charge in [0.25, 0.3) is 0 Å². The Morgan fingerprint density at radius 1 is 1.24 bits per heavy atom. The normalized spacial score (nSPS) is 14.9. The summed E-state index contributed by atoms with van der Waals surface area (Å²) < 4.78 is 5.33. The number of rotatable bonds is 5. The van der Waals surface area contributed by atoms with Crippen LogP contribution in [0.1, 0.15) is 56.3 Å². The Morgan fingerprint density at radius 2 is 1.90 bits per heavy atom. The summed E-state index contributed by atoms with van der Waals surface area (Å²) in [5.74, 6) is 1.93. The van der Waals surface area contributed by atoms with Gasteiger partial charge in [0.2, 0.25) is 5.89 Å². The lowest BCUT2D eigenvalue weighted by Crippen LogP contribution is -2.13. The maximum absolute atomic E-state index is 10.2. The van der Waals surface area contributed by atoms with E-state index in [2.05, 4.69) is 30.9 Å². The van der Waals surface area contributed by atoms with E-state index in [0.29, 0.717) is 17.5 Å². The van der Waals surface area contributed by atoms with Crippen molar-refractivity contribution in [2.45, 2.75) is 44.5 Å². The second kappa shape index (κ2) is 6.62. The monoisotopic (exact) mass is 306 g/mol. The molecule has 0 saturated carbocycles. The van der Waals surface area contributed by atoms with E-state index >= 15 is 0 Å². The Balaban J connectivity index is 1.93. The van der Waals surface area contributed by atoms with Crippen LogP contribution in [0.4, 0.5) is 0 Å². The zero-order valence-electron chi connectivity index (χ0n) is 12.9. The molecule has 0 aliphatic rings. The van der Waals surface area contributed by atoms with Crippen LogP contribution in [0.15, 0.2) is 34.9 Å². The summed E-state index contributed by atoms with van der Waals surface area (Å²) in [5, 5.41) is 14.3. The number of benzene rings is 1. The van der Waals surface area contributed by atoms with E-state index in [9.17, 15) is 5.11 Å². The maximum Gasteiger partial charge on any atom is 0.239 e. The summed E-state index contributed by atoms with van der Waals surface area (Å²) in [4.78, 5) is 4.45. The standard InChI is InChI=1S/C16H22N2O2S/c1-11(14-17-15(18-20-14)16(2,3)4)21-10-13(19)12-8-6-5-7-9-12/h5-9,11,13,19H,10H2,1-4H3/t11-,13-/m0/s1. The summed E-state index contributed by atoms with van der Waals surface area (Å²) in [5.41, 5.74) is 0.813. The number of hydrogen-bond acceptors (Lipinski definition) is 5. The first kappa shape index (κ1) is 16.0. The molecule has 0 spiro atoms. The van der Waals surface area contributed by atoms with Gasteiger partial charge in [0, 0.05) is 11.2 Å². The fourth-order valence-electron chi connectivity index (χ4n) is 1.78. The fourth-order valence-corrected chi connectivity index (χ4v) is 2.68. The molecule has 2 atom stereocenters. The average Bonchev–Trinajstić information content (AvgIpc) is 2.95. The van der Waals surface area contributed by atoms with Crippen molar-refractivity contribution >= 4 is 11.8 Å². The quantitative estimate of drug-likeness (QED) is 0.908. The van der Waals surface area contributed by atoms with E-state index in [1.807, 2.05) is 37.3 Å². The summed E-state index contributed by atoms with van der Waals surface area (Å²) in [7, 11) is 0. The molecule has 1 aromatic heterocycles. The topological polar surface area (TPSA) is 59.2 Å². The third-order valence-corrected chi connectivity index (χ3v) is 4.36. The number of thioether (sulfide) groups is 1. The van der Waals surface area contributed by atoms with Crippen LogP contribution >= 0.6 is 11.8 Å². The molecule has 5 heteroatoms. The molecular weight excluding hydrogens is 284 g/mol. The van der Waals surface area contributed by atoms with Crippen molar-refractivity contribution in [3.05, 3.63) is 47.6 Å². The Bertz CT molecular complexity index is 563. The number of aliphatic hydroxyl groups is 1. The second-order valence-corrected chi connectivity index (χ2v) is 7.48. The molecule has 21 heavy (non-hydrogen) atoms. The van der Waals surface area contributed by atoms with E-state index in [1.165, 1.54) is 0 Å². The van der Waals surface area contributed by atoms with E-state index in [-0.39, 0.29) is 10.7 Å². The molecule has 1 aromatic carbocycles. The Kier molecular flexibility index (Phi) is 5.06. The third kappa shape index (κ3) is 4.32. The van der Waals surface area contributed by atoms with E-state index in [0.717, 1.165) is 5.56 Å². The number of hydrogen-bond donors (Lipinski definition) is 1. The summed E-state index contributed by atoms with van der Waals surface area (Å²) in [6.45, 7) is 8.18. The van der Waals surface area contributed by atoms with Crippen molar-refractivity contribution in [2.75, 3.05) is 5.75 Å². The first-order valence-corrected chi connectivity index (χ1v) is 8.11. The molecule has 4 nitrogen and oxygen atoms in total. The molecule has 0 aliphatic carbocycles. The first-order chi connectivity index (χ1) is 9.88. The fraction of sp³-hybridized carbons (Fsp3) is 0.500. The van der Waals surface area contributed by atoms with Gasteiger partial charge in [-0.05, 0) is 12.5 Å². The van der Waals surface area contributed by atoms with Crippen LogP contribution < -0.4 is 0 Å². The van der Waals surface area contributed by atoms with Crippen LogP contribution in [0.3, 0.4) is 0 Å². The second-order valence-electron chi connectivity index (χ2n) is 6.11. The lowest BCUT2D eigenvalue weighted by atomic mass is 9.96. The number of nitrogens with zero attached hydrogens (tertiary/aromatic N) is 2. The van der Waals surface area contributed by atoms with Gasteiger partial charge in [0.05, 0.1) is 11.4 Å². The molecule has 0 amide bonds. The molecule has 0 radical (unpaired) electrons. The third-order valence-electron chi connectivity index (χ3n) is 3.15. The lowest BCUT2D eigenvalue weighted by Gasteiger charge is -2.13. The van der Waals surface area contributed by atoms with Gasteiger partial charge in [0.15, 0.2) is 5.82 Å². The van der Waals surface area contributed by atoms with Crippen LogP contribution in [0.2, 0.25) is 0 Å². The van der Waals surface area contributed by atoms with Gasteiger partial charge in [-0.25, -0.2) is 0 Å². The van der Waals surface area contributed by atoms with Crippen LogP contribution in [-0.2, 0) is 5.41 Å². The zero-order valence-corrected chi connectivity index (χ0v) is 13.7. The highest BCUT2D eigenvalue weighted by Crippen LogP contribution is 2.31. The van der Waals surface area contributed by atoms with Crippen molar-refractivity contribution < 1.29 is 9.63 Å². The van der Waals surface area contributed by atoms with Crippen molar-refractivity contribution in [1.29, 1.82) is 0 Å². The largest absolute Gasteiger partial charge is 0.388 e. The van der Waals surface area contributed by atoms with E-state index < -0.39 is 6.10 Å². The highest BCUT2D eigenvalue weighted by atomic mass is 32.2. The van der Waals surface area contributed by atoms with Crippen LogP contribution in [0.5, 0.6) is 0 Å². The summed E-state index contributed by atoms with van der Waals surface area (Å²) in [6, 6.07) is 9.67. The average molecular weight is 306 g/mol. The molecule has 2 rings (SSSR count). The van der Waals surface area contributed by atoms with Gasteiger partial charge < -0.3 is 9.63 Å². The molecule has 0 bridgehead atoms. The minimum absolute atomic E-state index is 0.0620. The molecule has 114 valence electrons. The van der Waals surface area contributed by atoms with Crippen LogP contribution in [0.25, 0.3) is 0 Å². The van der Waals surface area contributed by atoms with Gasteiger partial charge in [0.1, 0.15) is 0 Å². The smallest absolute Gasteiger partial charge is 0.239 e. The minimum atomic E-state index is -0.483. The van der Waals surface area contributed by atoms with Gasteiger partial charge in [-0.2, -0.15) is 4.98 Å². The van der Waals surface area contributed by atoms with Crippen molar-refractivity contribution in [2.24, 2.45) is 0 Å². The summed E-state index contributed by atoms with van der Waals surface area (Å²) >= 11 is 1.61. The minimum Gasteiger partial charge on any atom is -0.388 e. The first-order valence-electron chi connectivity index (χ1n) is 7.06. The molecular formula is C16H22N2O2S. The molecule has 1 N–H and O–H groups in total. The molecule has 0 saturated heterocycles. The predicted molar refractivity (Wildman–Crippen MR) is 85.3 cm³/mol. The van der Waals surface area contributed by atoms with E-state index in [1.54, 1.807) is 11.8 Å². The molecule has 0 fully saturated rings. The predicted octanol–water partition coefficient (Wildman–Crippen LogP) is 3.89. The Hall–Kier alpha value is -1.33. The van der Waals surface area contributed by atoms with Crippen molar-refractivity contribution in [3.63, 3.8) is 0 Å². The van der Waals surface area contributed by atoms with Gasteiger partial charge >= 0.3 is 0 Å². The SMILES string of the molecule is C[C@H](SC[C@H](O)c1ccccc1)c1nc(C(C)(C)C)no1. The zero-order chi connectivity index (χ0) is 15.5. The van der Waals surface area contributed by atoms with Gasteiger partial charge in [-0.3, -0.25) is 0 Å². The maximum atomic E-state index is 10.2. The van der Waals surface area contributed by atoms with E-state index in [4.69, 9.17) is 4.52 Å². The van der Waals surface area contributed by atoms with Crippen molar-refractivity contribution in [1.82, 2.24) is 10.1 Å².